The van der Waals surface area contributed by atoms with Crippen LogP contribution in [0.15, 0.2) is 60.7 Å². The van der Waals surface area contributed by atoms with E-state index >= 15 is 0 Å². The first-order chi connectivity index (χ1) is 17.2. The molecule has 7 rings (SSSR count). The Morgan fingerprint density at radius 1 is 0.971 bits per heavy atom. The van der Waals surface area contributed by atoms with E-state index < -0.39 is 5.41 Å². The van der Waals surface area contributed by atoms with Crippen molar-refractivity contribution in [2.45, 2.75) is 36.5 Å². The van der Waals surface area contributed by atoms with Crippen molar-refractivity contribution in [2.75, 3.05) is 25.5 Å². The SMILES string of the molecule is COc1ccc2c(c1)C1(C[C@H]1c1ccc3c(-c4ccc(C5CCNCC5)cc4)n[nH]c3c1)C(=O)N2. The molecule has 6 heteroatoms. The molecule has 1 aromatic heterocycles. The van der Waals surface area contributed by atoms with E-state index in [9.17, 15) is 4.79 Å². The number of aromatic amines is 1. The van der Waals surface area contributed by atoms with Crippen LogP contribution in [0.25, 0.3) is 22.2 Å². The van der Waals surface area contributed by atoms with Crippen molar-refractivity contribution in [2.24, 2.45) is 0 Å². The number of methoxy groups -OCH3 is 1. The fourth-order valence-corrected chi connectivity index (χ4v) is 6.24. The summed E-state index contributed by atoms with van der Waals surface area (Å²) < 4.78 is 5.43. The van der Waals surface area contributed by atoms with Crippen molar-refractivity contribution in [3.8, 4) is 17.0 Å². The quantitative estimate of drug-likeness (QED) is 0.393. The summed E-state index contributed by atoms with van der Waals surface area (Å²) in [5, 5.41) is 15.5. The summed E-state index contributed by atoms with van der Waals surface area (Å²) in [6.07, 6.45) is 3.21. The molecule has 6 nitrogen and oxygen atoms in total. The van der Waals surface area contributed by atoms with E-state index in [2.05, 4.69) is 63.3 Å². The molecule has 1 aliphatic carbocycles. The van der Waals surface area contributed by atoms with Gasteiger partial charge in [-0.1, -0.05) is 36.4 Å². The number of carbonyl (C=O) groups is 1. The predicted molar refractivity (Wildman–Crippen MR) is 137 cm³/mol. The number of piperidine rings is 1. The fraction of sp³-hybridized carbons (Fsp3) is 0.310. The molecule has 3 aromatic carbocycles. The Morgan fingerprint density at radius 2 is 1.77 bits per heavy atom. The van der Waals surface area contributed by atoms with E-state index in [1.807, 2.05) is 18.2 Å². The Morgan fingerprint density at radius 3 is 2.57 bits per heavy atom. The Bertz CT molecular complexity index is 1450. The standard InChI is InChI=1S/C29H28N4O2/c1-35-21-7-9-25-23(15-21)29(28(34)31-25)16-24(29)20-6-8-22-26(14-20)32-33-27(22)19-4-2-17(3-5-19)18-10-12-30-13-11-18/h2-9,14-15,18,24,30H,10-13,16H2,1H3,(H,31,34)(H,32,33)/t24-,29?/m0/s1. The van der Waals surface area contributed by atoms with Gasteiger partial charge in [0.15, 0.2) is 0 Å². The van der Waals surface area contributed by atoms with Crippen molar-refractivity contribution in [1.82, 2.24) is 15.5 Å². The van der Waals surface area contributed by atoms with Crippen LogP contribution in [0.4, 0.5) is 5.69 Å². The van der Waals surface area contributed by atoms with E-state index in [0.717, 1.165) is 58.7 Å². The van der Waals surface area contributed by atoms with Gasteiger partial charge in [0.2, 0.25) is 5.91 Å². The average molecular weight is 465 g/mol. The lowest BCUT2D eigenvalue weighted by molar-refractivity contribution is -0.118. The molecular formula is C29H28N4O2. The minimum Gasteiger partial charge on any atom is -0.497 e. The Balaban J connectivity index is 1.18. The minimum absolute atomic E-state index is 0.0880. The number of anilines is 1. The summed E-state index contributed by atoms with van der Waals surface area (Å²) in [5.41, 5.74) is 7.14. The van der Waals surface area contributed by atoms with Crippen LogP contribution in [-0.4, -0.2) is 36.3 Å². The molecule has 1 spiro atoms. The highest BCUT2D eigenvalue weighted by Crippen LogP contribution is 2.65. The van der Waals surface area contributed by atoms with Gasteiger partial charge in [-0.05, 0) is 79.2 Å². The van der Waals surface area contributed by atoms with Crippen LogP contribution < -0.4 is 15.4 Å². The van der Waals surface area contributed by atoms with Gasteiger partial charge in [-0.15, -0.1) is 0 Å². The second-order valence-electron chi connectivity index (χ2n) is 10.1. The number of hydrogen-bond acceptors (Lipinski definition) is 4. The molecule has 1 unspecified atom stereocenters. The highest BCUT2D eigenvalue weighted by Gasteiger charge is 2.65. The molecule has 2 atom stereocenters. The summed E-state index contributed by atoms with van der Waals surface area (Å²) in [4.78, 5) is 13.0. The van der Waals surface area contributed by atoms with Crippen molar-refractivity contribution in [3.63, 3.8) is 0 Å². The van der Waals surface area contributed by atoms with Crippen LogP contribution in [0.3, 0.4) is 0 Å². The highest BCUT2D eigenvalue weighted by molar-refractivity contribution is 6.10. The van der Waals surface area contributed by atoms with Crippen LogP contribution in [0.2, 0.25) is 0 Å². The third-order valence-electron chi connectivity index (χ3n) is 8.31. The smallest absolute Gasteiger partial charge is 0.235 e. The first-order valence-corrected chi connectivity index (χ1v) is 12.5. The number of ether oxygens (including phenoxy) is 1. The molecule has 3 heterocycles. The van der Waals surface area contributed by atoms with Crippen LogP contribution >= 0.6 is 0 Å². The van der Waals surface area contributed by atoms with E-state index in [-0.39, 0.29) is 11.8 Å². The molecule has 3 aliphatic rings. The van der Waals surface area contributed by atoms with E-state index in [0.29, 0.717) is 5.92 Å². The van der Waals surface area contributed by atoms with Gasteiger partial charge in [0.1, 0.15) is 5.75 Å². The number of H-pyrrole nitrogens is 1. The first-order valence-electron chi connectivity index (χ1n) is 12.5. The number of amides is 1. The molecule has 2 fully saturated rings. The molecule has 176 valence electrons. The Kier molecular flexibility index (Phi) is 4.55. The van der Waals surface area contributed by atoms with Gasteiger partial charge in [0, 0.05) is 22.6 Å². The second kappa shape index (κ2) is 7.68. The molecule has 1 saturated heterocycles. The summed E-state index contributed by atoms with van der Waals surface area (Å²) in [6.45, 7) is 2.20. The van der Waals surface area contributed by atoms with E-state index in [4.69, 9.17) is 4.74 Å². The zero-order valence-electron chi connectivity index (χ0n) is 19.7. The molecule has 3 N–H and O–H groups in total. The number of fused-ring (bicyclic) bond motifs is 3. The molecule has 35 heavy (non-hydrogen) atoms. The summed E-state index contributed by atoms with van der Waals surface area (Å²) in [5.74, 6) is 1.67. The number of hydrogen-bond donors (Lipinski definition) is 3. The molecule has 1 saturated carbocycles. The van der Waals surface area contributed by atoms with Crippen LogP contribution in [-0.2, 0) is 10.2 Å². The van der Waals surface area contributed by atoms with Gasteiger partial charge in [0.05, 0.1) is 23.7 Å². The second-order valence-corrected chi connectivity index (χ2v) is 10.1. The molecule has 1 amide bonds. The topological polar surface area (TPSA) is 79.0 Å². The number of carbonyl (C=O) groups excluding carboxylic acids is 1. The zero-order chi connectivity index (χ0) is 23.6. The molecule has 4 aromatic rings. The lowest BCUT2D eigenvalue weighted by Crippen LogP contribution is -2.26. The van der Waals surface area contributed by atoms with Gasteiger partial charge in [-0.25, -0.2) is 0 Å². The minimum atomic E-state index is -0.495. The molecule has 0 radical (unpaired) electrons. The van der Waals surface area contributed by atoms with Crippen molar-refractivity contribution >= 4 is 22.5 Å². The van der Waals surface area contributed by atoms with Crippen molar-refractivity contribution in [3.05, 3.63) is 77.4 Å². The normalized spacial score (nSPS) is 23.5. The van der Waals surface area contributed by atoms with E-state index in [1.165, 1.54) is 24.0 Å². The number of benzene rings is 3. The Hall–Kier alpha value is -3.64. The maximum absolute atomic E-state index is 13.0. The molecule has 2 aliphatic heterocycles. The first kappa shape index (κ1) is 20.7. The van der Waals surface area contributed by atoms with Crippen LogP contribution in [0.5, 0.6) is 5.75 Å². The largest absolute Gasteiger partial charge is 0.497 e. The maximum atomic E-state index is 13.0. The van der Waals surface area contributed by atoms with Crippen molar-refractivity contribution in [1.29, 1.82) is 0 Å². The number of rotatable bonds is 4. The van der Waals surface area contributed by atoms with Crippen molar-refractivity contribution < 1.29 is 9.53 Å². The zero-order valence-corrected chi connectivity index (χ0v) is 19.7. The lowest BCUT2D eigenvalue weighted by atomic mass is 9.89. The number of nitrogens with one attached hydrogen (secondary N) is 3. The Labute approximate surface area is 204 Å². The third-order valence-corrected chi connectivity index (χ3v) is 8.31. The van der Waals surface area contributed by atoms with Gasteiger partial charge in [-0.2, -0.15) is 5.10 Å². The predicted octanol–water partition coefficient (Wildman–Crippen LogP) is 5.08. The third kappa shape index (κ3) is 3.13. The summed E-state index contributed by atoms with van der Waals surface area (Å²) >= 11 is 0. The molecule has 0 bridgehead atoms. The highest BCUT2D eigenvalue weighted by atomic mass is 16.5. The van der Waals surface area contributed by atoms with Gasteiger partial charge in [-0.3, -0.25) is 9.89 Å². The maximum Gasteiger partial charge on any atom is 0.235 e. The average Bonchev–Trinajstić information content (AvgIpc) is 3.44. The van der Waals surface area contributed by atoms with Crippen LogP contribution in [0.1, 0.15) is 47.8 Å². The number of nitrogens with zero attached hydrogens (tertiary/aromatic N) is 1. The van der Waals surface area contributed by atoms with Gasteiger partial charge in [0.25, 0.3) is 0 Å². The van der Waals surface area contributed by atoms with Gasteiger partial charge >= 0.3 is 0 Å². The lowest BCUT2D eigenvalue weighted by Gasteiger charge is -2.23. The number of aromatic nitrogens is 2. The van der Waals surface area contributed by atoms with E-state index in [1.54, 1.807) is 7.11 Å². The summed E-state index contributed by atoms with van der Waals surface area (Å²) in [6, 6.07) is 21.2. The monoisotopic (exact) mass is 464 g/mol. The van der Waals surface area contributed by atoms with Crippen LogP contribution in [0, 0.1) is 0 Å². The summed E-state index contributed by atoms with van der Waals surface area (Å²) in [7, 11) is 1.66. The molecular weight excluding hydrogens is 436 g/mol. The van der Waals surface area contributed by atoms with Gasteiger partial charge < -0.3 is 15.4 Å². The fourth-order valence-electron chi connectivity index (χ4n) is 6.24.